The van der Waals surface area contributed by atoms with Crippen molar-refractivity contribution in [3.05, 3.63) is 0 Å². The van der Waals surface area contributed by atoms with Crippen molar-refractivity contribution in [1.29, 1.82) is 0 Å². The van der Waals surface area contributed by atoms with E-state index in [-0.39, 0.29) is 0 Å². The van der Waals surface area contributed by atoms with Gasteiger partial charge in [-0.2, -0.15) is 0 Å². The average molecular weight is 318 g/mol. The van der Waals surface area contributed by atoms with E-state index >= 15 is 0 Å². The Balaban J connectivity index is 1.93. The smallest absolute Gasteiger partial charge is 0.0192 e. The number of piperidine rings is 1. The largest absolute Gasteiger partial charge is 0.300 e. The lowest BCUT2D eigenvalue weighted by Gasteiger charge is -2.34. The summed E-state index contributed by atoms with van der Waals surface area (Å²) in [6.07, 6.45) is 15.7. The van der Waals surface area contributed by atoms with E-state index in [0.717, 1.165) is 6.04 Å². The van der Waals surface area contributed by atoms with Crippen LogP contribution in [-0.4, -0.2) is 29.4 Å². The number of unbranched alkanes of at least 4 members (excludes halogenated alkanes) is 7. The summed E-state index contributed by atoms with van der Waals surface area (Å²) in [6.45, 7) is 4.97. The summed E-state index contributed by atoms with van der Waals surface area (Å²) in [4.78, 5) is 2.72. The van der Waals surface area contributed by atoms with Crippen molar-refractivity contribution >= 4 is 15.9 Å². The van der Waals surface area contributed by atoms with Crippen LogP contribution in [0.2, 0.25) is 0 Å². The van der Waals surface area contributed by atoms with Crippen molar-refractivity contribution in [2.45, 2.75) is 83.6 Å². The lowest BCUT2D eigenvalue weighted by atomic mass is 10.0. The molecule has 0 saturated carbocycles. The number of hydrogen-bond donors (Lipinski definition) is 0. The number of rotatable bonds is 10. The Labute approximate surface area is 123 Å². The standard InChI is InChI=1S/C16H32BrN/c1-2-3-4-5-6-7-8-10-13-18-14-11-9-12-16(18)15-17/h16H,2-15H2,1H3. The van der Waals surface area contributed by atoms with E-state index < -0.39 is 0 Å². The molecule has 0 radical (unpaired) electrons. The molecular weight excluding hydrogens is 286 g/mol. The second-order valence-electron chi connectivity index (χ2n) is 5.81. The highest BCUT2D eigenvalue weighted by molar-refractivity contribution is 9.09. The Morgan fingerprint density at radius 1 is 0.944 bits per heavy atom. The zero-order valence-electron chi connectivity index (χ0n) is 12.3. The predicted octanol–water partition coefficient (Wildman–Crippen LogP) is 5.38. The van der Waals surface area contributed by atoms with Crippen molar-refractivity contribution in [2.75, 3.05) is 18.4 Å². The SMILES string of the molecule is CCCCCCCCCCN1CCCCC1CBr. The maximum absolute atomic E-state index is 3.67. The Kier molecular flexibility index (Phi) is 10.3. The minimum absolute atomic E-state index is 0.823. The Bertz CT molecular complexity index is 184. The molecule has 1 fully saturated rings. The fourth-order valence-electron chi connectivity index (χ4n) is 2.98. The highest BCUT2D eigenvalue weighted by Crippen LogP contribution is 2.19. The summed E-state index contributed by atoms with van der Waals surface area (Å²) in [6, 6.07) is 0.823. The molecule has 0 spiro atoms. The Morgan fingerprint density at radius 2 is 1.61 bits per heavy atom. The van der Waals surface area contributed by atoms with Gasteiger partial charge in [0.15, 0.2) is 0 Å². The molecule has 0 aromatic heterocycles. The van der Waals surface area contributed by atoms with Gasteiger partial charge in [-0.3, -0.25) is 4.90 Å². The van der Waals surface area contributed by atoms with Crippen LogP contribution in [0.4, 0.5) is 0 Å². The van der Waals surface area contributed by atoms with E-state index in [0.29, 0.717) is 0 Å². The number of halogens is 1. The lowest BCUT2D eigenvalue weighted by Crippen LogP contribution is -2.41. The first-order valence-corrected chi connectivity index (χ1v) is 9.30. The van der Waals surface area contributed by atoms with Crippen LogP contribution < -0.4 is 0 Å². The number of hydrogen-bond acceptors (Lipinski definition) is 1. The van der Waals surface area contributed by atoms with Crippen molar-refractivity contribution in [3.63, 3.8) is 0 Å². The van der Waals surface area contributed by atoms with Gasteiger partial charge in [0.2, 0.25) is 0 Å². The van der Waals surface area contributed by atoms with E-state index in [4.69, 9.17) is 0 Å². The normalized spacial score (nSPS) is 21.3. The van der Waals surface area contributed by atoms with E-state index in [1.807, 2.05) is 0 Å². The number of nitrogens with zero attached hydrogens (tertiary/aromatic N) is 1. The van der Waals surface area contributed by atoms with Crippen LogP contribution >= 0.6 is 15.9 Å². The summed E-state index contributed by atoms with van der Waals surface area (Å²) >= 11 is 3.67. The minimum atomic E-state index is 0.823. The van der Waals surface area contributed by atoms with Crippen LogP contribution in [-0.2, 0) is 0 Å². The van der Waals surface area contributed by atoms with Gasteiger partial charge in [-0.1, -0.05) is 74.2 Å². The van der Waals surface area contributed by atoms with Gasteiger partial charge in [0, 0.05) is 11.4 Å². The maximum Gasteiger partial charge on any atom is 0.0192 e. The van der Waals surface area contributed by atoms with Crippen molar-refractivity contribution in [3.8, 4) is 0 Å². The molecule has 0 N–H and O–H groups in total. The van der Waals surface area contributed by atoms with Gasteiger partial charge in [-0.15, -0.1) is 0 Å². The molecule has 1 nitrogen and oxygen atoms in total. The molecule has 18 heavy (non-hydrogen) atoms. The summed E-state index contributed by atoms with van der Waals surface area (Å²) in [5, 5.41) is 1.17. The van der Waals surface area contributed by atoms with Gasteiger partial charge >= 0.3 is 0 Å². The van der Waals surface area contributed by atoms with Crippen LogP contribution in [0.3, 0.4) is 0 Å². The quantitative estimate of drug-likeness (QED) is 0.386. The molecule has 0 aliphatic carbocycles. The second kappa shape index (κ2) is 11.3. The Hall–Kier alpha value is 0.440. The molecule has 0 amide bonds. The summed E-state index contributed by atoms with van der Waals surface area (Å²) in [5.41, 5.74) is 0. The lowest BCUT2D eigenvalue weighted by molar-refractivity contribution is 0.161. The van der Waals surface area contributed by atoms with E-state index in [1.54, 1.807) is 0 Å². The molecule has 1 unspecified atom stereocenters. The van der Waals surface area contributed by atoms with E-state index in [1.165, 1.54) is 89.0 Å². The topological polar surface area (TPSA) is 3.24 Å². The van der Waals surface area contributed by atoms with Gasteiger partial charge in [0.25, 0.3) is 0 Å². The fourth-order valence-corrected chi connectivity index (χ4v) is 3.71. The van der Waals surface area contributed by atoms with Crippen LogP contribution in [0.25, 0.3) is 0 Å². The summed E-state index contributed by atoms with van der Waals surface area (Å²) < 4.78 is 0. The molecule has 1 aliphatic rings. The van der Waals surface area contributed by atoms with E-state index in [2.05, 4.69) is 27.8 Å². The Morgan fingerprint density at radius 3 is 2.28 bits per heavy atom. The fraction of sp³-hybridized carbons (Fsp3) is 1.00. The number of alkyl halides is 1. The predicted molar refractivity (Wildman–Crippen MR) is 85.6 cm³/mol. The molecule has 0 bridgehead atoms. The van der Waals surface area contributed by atoms with Gasteiger partial charge in [-0.25, -0.2) is 0 Å². The molecule has 1 aliphatic heterocycles. The molecule has 1 rings (SSSR count). The molecular formula is C16H32BrN. The molecule has 2 heteroatoms. The van der Waals surface area contributed by atoms with Crippen molar-refractivity contribution < 1.29 is 0 Å². The van der Waals surface area contributed by atoms with Crippen LogP contribution in [0, 0.1) is 0 Å². The van der Waals surface area contributed by atoms with Crippen LogP contribution in [0.1, 0.15) is 77.6 Å². The third kappa shape index (κ3) is 7.13. The molecule has 0 aromatic rings. The van der Waals surface area contributed by atoms with Gasteiger partial charge in [0.1, 0.15) is 0 Å². The first kappa shape index (κ1) is 16.5. The third-order valence-corrected chi connectivity index (χ3v) is 4.97. The highest BCUT2D eigenvalue weighted by atomic mass is 79.9. The van der Waals surface area contributed by atoms with Crippen molar-refractivity contribution in [2.24, 2.45) is 0 Å². The zero-order valence-corrected chi connectivity index (χ0v) is 13.9. The molecule has 1 atom stereocenters. The number of likely N-dealkylation sites (tertiary alicyclic amines) is 1. The average Bonchev–Trinajstić information content (AvgIpc) is 2.42. The molecule has 1 heterocycles. The molecule has 1 saturated heterocycles. The zero-order chi connectivity index (χ0) is 13.1. The second-order valence-corrected chi connectivity index (χ2v) is 6.46. The molecule has 108 valence electrons. The van der Waals surface area contributed by atoms with Gasteiger partial charge < -0.3 is 0 Å². The van der Waals surface area contributed by atoms with Crippen molar-refractivity contribution in [1.82, 2.24) is 4.90 Å². The van der Waals surface area contributed by atoms with Crippen LogP contribution in [0.15, 0.2) is 0 Å². The van der Waals surface area contributed by atoms with Gasteiger partial charge in [-0.05, 0) is 32.4 Å². The first-order valence-electron chi connectivity index (χ1n) is 8.18. The highest BCUT2D eigenvalue weighted by Gasteiger charge is 2.20. The monoisotopic (exact) mass is 317 g/mol. The van der Waals surface area contributed by atoms with E-state index in [9.17, 15) is 0 Å². The van der Waals surface area contributed by atoms with Gasteiger partial charge in [0.05, 0.1) is 0 Å². The first-order chi connectivity index (χ1) is 8.88. The third-order valence-electron chi connectivity index (χ3n) is 4.23. The minimum Gasteiger partial charge on any atom is -0.300 e. The molecule has 0 aromatic carbocycles. The van der Waals surface area contributed by atoms with Crippen LogP contribution in [0.5, 0.6) is 0 Å². The summed E-state index contributed by atoms with van der Waals surface area (Å²) in [7, 11) is 0. The summed E-state index contributed by atoms with van der Waals surface area (Å²) in [5.74, 6) is 0. The maximum atomic E-state index is 3.67.